The van der Waals surface area contributed by atoms with E-state index in [1.165, 1.54) is 0 Å². The van der Waals surface area contributed by atoms with Crippen molar-refractivity contribution in [3.63, 3.8) is 0 Å². The van der Waals surface area contributed by atoms with Gasteiger partial charge in [0.2, 0.25) is 6.29 Å². The predicted octanol–water partition coefficient (Wildman–Crippen LogP) is 3.02. The molecule has 1 heterocycles. The summed E-state index contributed by atoms with van der Waals surface area (Å²) in [5, 5.41) is 0. The van der Waals surface area contributed by atoms with Crippen molar-refractivity contribution >= 4 is 5.97 Å². The Kier molecular flexibility index (Phi) is 4.45. The lowest BCUT2D eigenvalue weighted by atomic mass is 9.87. The molecule has 110 valence electrons. The molecule has 0 aliphatic carbocycles. The molecule has 0 saturated carbocycles. The highest BCUT2D eigenvalue weighted by Gasteiger charge is 2.53. The molecule has 4 atom stereocenters. The summed E-state index contributed by atoms with van der Waals surface area (Å²) >= 11 is 0. The molecule has 0 bridgehead atoms. The maximum atomic E-state index is 12.1. The molecule has 1 aliphatic rings. The van der Waals surface area contributed by atoms with Gasteiger partial charge in [-0.25, -0.2) is 4.79 Å². The number of rotatable bonds is 4. The average Bonchev–Trinajstić information content (AvgIpc) is 2.73. The van der Waals surface area contributed by atoms with E-state index in [0.29, 0.717) is 5.56 Å². The minimum absolute atomic E-state index is 0.0357. The molecule has 1 aromatic rings. The van der Waals surface area contributed by atoms with Gasteiger partial charge in [-0.15, -0.1) is 0 Å². The Balaban J connectivity index is 2.14. The molecule has 4 heteroatoms. The summed E-state index contributed by atoms with van der Waals surface area (Å²) in [6.07, 6.45) is 0.216. The Morgan fingerprint density at radius 3 is 2.55 bits per heavy atom. The van der Waals surface area contributed by atoms with Crippen LogP contribution in [0.2, 0.25) is 0 Å². The number of esters is 1. The second-order valence-electron chi connectivity index (χ2n) is 5.36. The predicted molar refractivity (Wildman–Crippen MR) is 75.4 cm³/mol. The summed E-state index contributed by atoms with van der Waals surface area (Å²) in [5.41, 5.74) is -0.104. The maximum Gasteiger partial charge on any atom is 0.340 e. The van der Waals surface area contributed by atoms with Crippen LogP contribution in [0.25, 0.3) is 0 Å². The highest BCUT2D eigenvalue weighted by Crippen LogP contribution is 2.40. The Labute approximate surface area is 120 Å². The van der Waals surface area contributed by atoms with Gasteiger partial charge in [-0.05, 0) is 25.5 Å². The summed E-state index contributed by atoms with van der Waals surface area (Å²) in [5.74, 6) is -0.228. The van der Waals surface area contributed by atoms with E-state index in [-0.39, 0.29) is 18.0 Å². The second kappa shape index (κ2) is 5.94. The minimum atomic E-state index is -0.680. The van der Waals surface area contributed by atoms with Crippen LogP contribution in [0.4, 0.5) is 0 Å². The highest BCUT2D eigenvalue weighted by molar-refractivity contribution is 5.89. The number of carbonyl (C=O) groups excluding carboxylic acids is 1. The SMILES string of the molecule is CC[C@H]1OC(OC(=O)c2ccccc2)[C@](C)(OC)[C@@H]1C. The molecular formula is C16H22O4. The number of ether oxygens (including phenoxy) is 3. The molecule has 0 aromatic heterocycles. The van der Waals surface area contributed by atoms with Crippen molar-refractivity contribution in [2.45, 2.75) is 45.2 Å². The molecule has 1 aliphatic heterocycles. The fraction of sp³-hybridized carbons (Fsp3) is 0.562. The fourth-order valence-corrected chi connectivity index (χ4v) is 2.61. The number of hydrogen-bond acceptors (Lipinski definition) is 4. The summed E-state index contributed by atoms with van der Waals surface area (Å²) in [7, 11) is 1.63. The van der Waals surface area contributed by atoms with Gasteiger partial charge >= 0.3 is 5.97 Å². The Bertz CT molecular complexity index is 459. The minimum Gasteiger partial charge on any atom is -0.429 e. The fourth-order valence-electron chi connectivity index (χ4n) is 2.61. The van der Waals surface area contributed by atoms with Gasteiger partial charge in [-0.2, -0.15) is 0 Å². The van der Waals surface area contributed by atoms with Crippen LogP contribution in [-0.4, -0.2) is 31.1 Å². The lowest BCUT2D eigenvalue weighted by molar-refractivity contribution is -0.178. The lowest BCUT2D eigenvalue weighted by Crippen LogP contribution is -2.44. The third kappa shape index (κ3) is 2.58. The zero-order valence-electron chi connectivity index (χ0n) is 12.5. The summed E-state index contributed by atoms with van der Waals surface area (Å²) in [4.78, 5) is 12.1. The zero-order chi connectivity index (χ0) is 14.8. The van der Waals surface area contributed by atoms with E-state index in [0.717, 1.165) is 6.42 Å². The van der Waals surface area contributed by atoms with Crippen molar-refractivity contribution in [1.29, 1.82) is 0 Å². The van der Waals surface area contributed by atoms with Crippen LogP contribution in [0.3, 0.4) is 0 Å². The van der Waals surface area contributed by atoms with Crippen molar-refractivity contribution in [3.05, 3.63) is 35.9 Å². The van der Waals surface area contributed by atoms with Gasteiger partial charge in [0.1, 0.15) is 5.60 Å². The first-order valence-corrected chi connectivity index (χ1v) is 6.99. The number of methoxy groups -OCH3 is 1. The summed E-state index contributed by atoms with van der Waals surface area (Å²) in [6, 6.07) is 8.92. The zero-order valence-corrected chi connectivity index (χ0v) is 12.5. The van der Waals surface area contributed by atoms with Gasteiger partial charge in [0.25, 0.3) is 0 Å². The average molecular weight is 278 g/mol. The van der Waals surface area contributed by atoms with Crippen LogP contribution < -0.4 is 0 Å². The summed E-state index contributed by atoms with van der Waals surface area (Å²) < 4.78 is 17.0. The van der Waals surface area contributed by atoms with E-state index >= 15 is 0 Å². The van der Waals surface area contributed by atoms with Crippen LogP contribution in [0.1, 0.15) is 37.6 Å². The number of hydrogen-bond donors (Lipinski definition) is 0. The molecule has 0 N–H and O–H groups in total. The molecule has 0 amide bonds. The Hall–Kier alpha value is -1.39. The van der Waals surface area contributed by atoms with Crippen LogP contribution >= 0.6 is 0 Å². The third-order valence-electron chi connectivity index (χ3n) is 4.29. The third-order valence-corrected chi connectivity index (χ3v) is 4.29. The molecule has 1 unspecified atom stereocenters. The molecule has 4 nitrogen and oxygen atoms in total. The molecular weight excluding hydrogens is 256 g/mol. The topological polar surface area (TPSA) is 44.8 Å². The van der Waals surface area contributed by atoms with Crippen molar-refractivity contribution in [3.8, 4) is 0 Å². The number of carbonyl (C=O) groups is 1. The first-order valence-electron chi connectivity index (χ1n) is 6.99. The van der Waals surface area contributed by atoms with Gasteiger partial charge in [-0.3, -0.25) is 0 Å². The molecule has 0 radical (unpaired) electrons. The molecule has 1 saturated heterocycles. The first kappa shape index (κ1) is 15.0. The quantitative estimate of drug-likeness (QED) is 0.794. The van der Waals surface area contributed by atoms with Crippen LogP contribution in [0.15, 0.2) is 30.3 Å². The molecule has 1 aromatic carbocycles. The van der Waals surface area contributed by atoms with E-state index in [1.54, 1.807) is 31.4 Å². The van der Waals surface area contributed by atoms with Crippen LogP contribution in [-0.2, 0) is 14.2 Å². The monoisotopic (exact) mass is 278 g/mol. The van der Waals surface area contributed by atoms with Gasteiger partial charge < -0.3 is 14.2 Å². The Morgan fingerprint density at radius 2 is 2.00 bits per heavy atom. The Morgan fingerprint density at radius 1 is 1.35 bits per heavy atom. The highest BCUT2D eigenvalue weighted by atomic mass is 16.7. The van der Waals surface area contributed by atoms with Gasteiger partial charge in [0.05, 0.1) is 11.7 Å². The normalized spacial score (nSPS) is 33.1. The van der Waals surface area contributed by atoms with Gasteiger partial charge in [0.15, 0.2) is 0 Å². The van der Waals surface area contributed by atoms with E-state index < -0.39 is 11.9 Å². The van der Waals surface area contributed by atoms with Gasteiger partial charge in [-0.1, -0.05) is 32.0 Å². The molecule has 2 rings (SSSR count). The van der Waals surface area contributed by atoms with Crippen LogP contribution in [0.5, 0.6) is 0 Å². The van der Waals surface area contributed by atoms with Crippen molar-refractivity contribution in [1.82, 2.24) is 0 Å². The van der Waals surface area contributed by atoms with Crippen LogP contribution in [0, 0.1) is 5.92 Å². The molecule has 0 spiro atoms. The summed E-state index contributed by atoms with van der Waals surface area (Å²) in [6.45, 7) is 6.04. The smallest absolute Gasteiger partial charge is 0.340 e. The molecule has 1 fully saturated rings. The lowest BCUT2D eigenvalue weighted by Gasteiger charge is -2.31. The van der Waals surface area contributed by atoms with Gasteiger partial charge in [0, 0.05) is 13.0 Å². The number of benzene rings is 1. The standard InChI is InChI=1S/C16H22O4/c1-5-13-11(2)16(3,18-4)15(19-13)20-14(17)12-9-7-6-8-10-12/h6-11,13,15H,5H2,1-4H3/t11-,13-,15?,16-/m1/s1. The maximum absolute atomic E-state index is 12.1. The second-order valence-corrected chi connectivity index (χ2v) is 5.36. The van der Waals surface area contributed by atoms with E-state index in [9.17, 15) is 4.79 Å². The largest absolute Gasteiger partial charge is 0.429 e. The molecule has 20 heavy (non-hydrogen) atoms. The van der Waals surface area contributed by atoms with E-state index in [1.807, 2.05) is 13.0 Å². The van der Waals surface area contributed by atoms with E-state index in [4.69, 9.17) is 14.2 Å². The first-order chi connectivity index (χ1) is 9.52. The van der Waals surface area contributed by atoms with Crippen molar-refractivity contribution in [2.24, 2.45) is 5.92 Å². The van der Waals surface area contributed by atoms with Crippen molar-refractivity contribution < 1.29 is 19.0 Å². The van der Waals surface area contributed by atoms with E-state index in [2.05, 4.69) is 13.8 Å². The van der Waals surface area contributed by atoms with Crippen molar-refractivity contribution in [2.75, 3.05) is 7.11 Å².